The highest BCUT2D eigenvalue weighted by Gasteiger charge is 2.20. The second-order valence-electron chi connectivity index (χ2n) is 9.58. The monoisotopic (exact) mass is 502 g/mol. The van der Waals surface area contributed by atoms with E-state index in [2.05, 4.69) is 24.3 Å². The molecule has 8 rings (SSSR count). The predicted octanol–water partition coefficient (Wildman–Crippen LogP) is 10.9. The minimum Gasteiger partial charge on any atom is -0.455 e. The molecule has 1 heteroatoms. The molecular weight excluding hydrogens is 472 g/mol. The summed E-state index contributed by atoms with van der Waals surface area (Å²) in [7, 11) is 0. The SMILES string of the molecule is [2H]c1c([2H])c(-c2c3ccccc3c(-c3ccccc3)c3ccccc23)c2c(oc3c(-c4ccccc4)c([2H])c([2H])c([2H])c32)c1[2H]. The van der Waals surface area contributed by atoms with Gasteiger partial charge in [-0.1, -0.05) is 139 Å². The van der Waals surface area contributed by atoms with E-state index in [9.17, 15) is 1.37 Å². The van der Waals surface area contributed by atoms with Crippen molar-refractivity contribution < 1.29 is 12.6 Å². The van der Waals surface area contributed by atoms with Crippen LogP contribution >= 0.6 is 0 Å². The lowest BCUT2D eigenvalue weighted by atomic mass is 9.85. The average molecular weight is 503 g/mol. The van der Waals surface area contributed by atoms with Crippen molar-refractivity contribution >= 4 is 43.5 Å². The summed E-state index contributed by atoms with van der Waals surface area (Å²) in [6.07, 6.45) is 0. The number of para-hydroxylation sites is 1. The lowest BCUT2D eigenvalue weighted by Crippen LogP contribution is -1.91. The van der Waals surface area contributed by atoms with Gasteiger partial charge >= 0.3 is 0 Å². The quantitative estimate of drug-likeness (QED) is 0.219. The van der Waals surface area contributed by atoms with Crippen molar-refractivity contribution in [2.24, 2.45) is 0 Å². The van der Waals surface area contributed by atoms with Gasteiger partial charge in [-0.2, -0.15) is 0 Å². The van der Waals surface area contributed by atoms with Gasteiger partial charge in [0.05, 0.1) is 8.22 Å². The lowest BCUT2D eigenvalue weighted by molar-refractivity contribution is 0.670. The summed E-state index contributed by atoms with van der Waals surface area (Å²) < 4.78 is 60.2. The maximum Gasteiger partial charge on any atom is 0.143 e. The summed E-state index contributed by atoms with van der Waals surface area (Å²) in [5.74, 6) is 0. The summed E-state index contributed by atoms with van der Waals surface area (Å²) in [5, 5.41) is 4.25. The molecule has 0 unspecified atom stereocenters. The Bertz CT molecular complexity index is 2430. The van der Waals surface area contributed by atoms with Crippen molar-refractivity contribution in [2.45, 2.75) is 0 Å². The van der Waals surface area contributed by atoms with Crippen LogP contribution in [0.1, 0.15) is 8.22 Å². The number of benzene rings is 7. The highest BCUT2D eigenvalue weighted by molar-refractivity contribution is 6.26. The van der Waals surface area contributed by atoms with E-state index in [0.717, 1.165) is 32.7 Å². The van der Waals surface area contributed by atoms with E-state index in [1.807, 2.05) is 84.9 Å². The van der Waals surface area contributed by atoms with Crippen LogP contribution < -0.4 is 0 Å². The minimum absolute atomic E-state index is 0.0666. The molecule has 0 atom stereocenters. The third-order valence-corrected chi connectivity index (χ3v) is 7.43. The molecule has 1 aromatic heterocycles. The van der Waals surface area contributed by atoms with Crippen LogP contribution in [0.15, 0.2) is 150 Å². The van der Waals surface area contributed by atoms with Gasteiger partial charge in [0.25, 0.3) is 0 Å². The highest BCUT2D eigenvalue weighted by atomic mass is 16.3. The Morgan fingerprint density at radius 2 is 0.949 bits per heavy atom. The molecule has 0 bridgehead atoms. The molecule has 1 nitrogen and oxygen atoms in total. The highest BCUT2D eigenvalue weighted by Crippen LogP contribution is 2.47. The largest absolute Gasteiger partial charge is 0.455 e. The fraction of sp³-hybridized carbons (Fsp3) is 0. The minimum atomic E-state index is -0.290. The Balaban J connectivity index is 1.64. The van der Waals surface area contributed by atoms with E-state index in [1.54, 1.807) is 0 Å². The fourth-order valence-electron chi connectivity index (χ4n) is 5.79. The van der Waals surface area contributed by atoms with Gasteiger partial charge in [0.2, 0.25) is 0 Å². The van der Waals surface area contributed by atoms with Gasteiger partial charge in [-0.3, -0.25) is 0 Å². The second-order valence-corrected chi connectivity index (χ2v) is 9.58. The summed E-state index contributed by atoms with van der Waals surface area (Å²) in [6.45, 7) is 0. The standard InChI is InChI=1S/C38H24O/c1-3-13-25(14-4-1)27-21-11-23-33-37-32(22-12-24-34(37)39-38(27)33)36-30-19-9-7-17-28(30)35(26-15-5-2-6-16-26)29-18-8-10-20-31(29)36/h1-24H/i11D,12D,21D,22D,23D,24D. The Hall–Kier alpha value is -5.14. The van der Waals surface area contributed by atoms with E-state index in [0.29, 0.717) is 27.6 Å². The van der Waals surface area contributed by atoms with E-state index in [4.69, 9.17) is 11.3 Å². The summed E-state index contributed by atoms with van der Waals surface area (Å²) in [6, 6.07) is 34.0. The molecule has 0 amide bonds. The molecule has 0 aliphatic heterocycles. The van der Waals surface area contributed by atoms with E-state index < -0.39 is 0 Å². The number of hydrogen-bond acceptors (Lipinski definition) is 1. The zero-order chi connectivity index (χ0) is 31.0. The van der Waals surface area contributed by atoms with Crippen LogP contribution in [0.25, 0.3) is 76.9 Å². The van der Waals surface area contributed by atoms with Crippen LogP contribution in [0, 0.1) is 0 Å². The second kappa shape index (κ2) is 8.72. The van der Waals surface area contributed by atoms with Crippen LogP contribution in [0.2, 0.25) is 0 Å². The summed E-state index contributed by atoms with van der Waals surface area (Å²) in [5.41, 5.74) is 4.44. The predicted molar refractivity (Wildman–Crippen MR) is 165 cm³/mol. The number of fused-ring (bicyclic) bond motifs is 5. The Labute approximate surface area is 235 Å². The van der Waals surface area contributed by atoms with Crippen molar-refractivity contribution in [1.82, 2.24) is 0 Å². The first-order valence-electron chi connectivity index (χ1n) is 15.9. The third kappa shape index (κ3) is 3.34. The Kier molecular flexibility index (Phi) is 3.72. The van der Waals surface area contributed by atoms with Gasteiger partial charge in [0.15, 0.2) is 0 Å². The molecule has 0 saturated heterocycles. The zero-order valence-electron chi connectivity index (χ0n) is 26.8. The molecule has 0 aliphatic rings. The smallest absolute Gasteiger partial charge is 0.143 e. The Morgan fingerprint density at radius 3 is 1.59 bits per heavy atom. The maximum atomic E-state index is 9.33. The van der Waals surface area contributed by atoms with Crippen LogP contribution in [-0.4, -0.2) is 0 Å². The van der Waals surface area contributed by atoms with Crippen molar-refractivity contribution in [2.75, 3.05) is 0 Å². The molecule has 7 aromatic carbocycles. The summed E-state index contributed by atoms with van der Waals surface area (Å²) in [4.78, 5) is 0. The molecular formula is C38H24O. The molecule has 0 aliphatic carbocycles. The van der Waals surface area contributed by atoms with Gasteiger partial charge in [-0.15, -0.1) is 0 Å². The first kappa shape index (κ1) is 16.7. The number of rotatable bonds is 3. The first-order chi connectivity index (χ1) is 21.9. The van der Waals surface area contributed by atoms with E-state index in [1.165, 1.54) is 0 Å². The van der Waals surface area contributed by atoms with Crippen LogP contribution in [0.3, 0.4) is 0 Å². The normalized spacial score (nSPS) is 13.7. The molecule has 0 saturated carbocycles. The molecule has 39 heavy (non-hydrogen) atoms. The number of furan rings is 1. The molecule has 0 fully saturated rings. The zero-order valence-corrected chi connectivity index (χ0v) is 20.8. The van der Waals surface area contributed by atoms with Crippen molar-refractivity contribution in [3.8, 4) is 33.4 Å². The number of hydrogen-bond donors (Lipinski definition) is 0. The average Bonchev–Trinajstić information content (AvgIpc) is 3.47. The molecule has 182 valence electrons. The van der Waals surface area contributed by atoms with Crippen molar-refractivity contribution in [3.05, 3.63) is 145 Å². The molecule has 0 radical (unpaired) electrons. The van der Waals surface area contributed by atoms with E-state index >= 15 is 0 Å². The third-order valence-electron chi connectivity index (χ3n) is 7.43. The van der Waals surface area contributed by atoms with Crippen LogP contribution in [0.5, 0.6) is 0 Å². The van der Waals surface area contributed by atoms with Gasteiger partial charge in [0, 0.05) is 16.3 Å². The maximum absolute atomic E-state index is 9.33. The van der Waals surface area contributed by atoms with Crippen molar-refractivity contribution in [3.63, 3.8) is 0 Å². The van der Waals surface area contributed by atoms with Crippen molar-refractivity contribution in [1.29, 1.82) is 0 Å². The van der Waals surface area contributed by atoms with E-state index in [-0.39, 0.29) is 52.8 Å². The van der Waals surface area contributed by atoms with Gasteiger partial charge < -0.3 is 4.42 Å². The topological polar surface area (TPSA) is 13.1 Å². The van der Waals surface area contributed by atoms with Gasteiger partial charge in [0.1, 0.15) is 11.2 Å². The fourth-order valence-corrected chi connectivity index (χ4v) is 5.79. The van der Waals surface area contributed by atoms with Crippen LogP contribution in [-0.2, 0) is 0 Å². The Morgan fingerprint density at radius 1 is 0.436 bits per heavy atom. The molecule has 0 N–H and O–H groups in total. The summed E-state index contributed by atoms with van der Waals surface area (Å²) >= 11 is 0. The molecule has 1 heterocycles. The van der Waals surface area contributed by atoms with Gasteiger partial charge in [-0.05, 0) is 55.4 Å². The molecule has 0 spiro atoms. The molecule has 8 aromatic rings. The van der Waals surface area contributed by atoms with Crippen LogP contribution in [0.4, 0.5) is 0 Å². The van der Waals surface area contributed by atoms with Gasteiger partial charge in [-0.25, -0.2) is 0 Å². The first-order valence-corrected chi connectivity index (χ1v) is 12.9. The lowest BCUT2D eigenvalue weighted by Gasteiger charge is -2.18.